The molecule has 0 unspecified atom stereocenters. The van der Waals surface area contributed by atoms with Gasteiger partial charge >= 0.3 is 6.03 Å². The number of nitrogens with zero attached hydrogens (tertiary/aromatic N) is 1. The van der Waals surface area contributed by atoms with E-state index in [0.717, 1.165) is 0 Å². The van der Waals surface area contributed by atoms with Crippen molar-refractivity contribution in [3.8, 4) is 28.7 Å². The molecule has 0 radical (unpaired) electrons. The topological polar surface area (TPSA) is 90.9 Å². The van der Waals surface area contributed by atoms with Crippen molar-refractivity contribution in [2.45, 2.75) is 0 Å². The molecule has 4 rings (SSSR count). The maximum absolute atomic E-state index is 14.7. The van der Waals surface area contributed by atoms with Gasteiger partial charge in [0.1, 0.15) is 23.1 Å². The quantitative estimate of drug-likeness (QED) is 0.358. The number of pyridine rings is 1. The molecule has 0 saturated carbocycles. The summed E-state index contributed by atoms with van der Waals surface area (Å²) in [5.41, 5.74) is 1.13. The van der Waals surface area contributed by atoms with Crippen molar-refractivity contribution >= 4 is 28.3 Å². The number of carbonyl (C=O) groups excluding carboxylic acids is 1. The molecule has 0 aliphatic heterocycles. The summed E-state index contributed by atoms with van der Waals surface area (Å²) in [6.45, 7) is 0. The monoisotopic (exact) mass is 463 g/mol. The van der Waals surface area contributed by atoms with E-state index in [1.165, 1.54) is 26.4 Å². The standard InChI is InChI=1S/C25H22FN3O5/c1-31-16-6-4-5-15(11-16)28-25(30)29-20-8-7-17(12-19(20)26)34-22-9-10-27-21-14-24(33-3)23(32-2)13-18(21)22/h4-14H,1-3H3,(H2,28,29,30). The Bertz CT molecular complexity index is 1350. The molecule has 0 spiro atoms. The van der Waals surface area contributed by atoms with Crippen molar-refractivity contribution in [2.75, 3.05) is 32.0 Å². The minimum Gasteiger partial charge on any atom is -0.497 e. The number of rotatable bonds is 7. The molecule has 174 valence electrons. The van der Waals surface area contributed by atoms with Crippen molar-refractivity contribution in [3.05, 3.63) is 72.7 Å². The van der Waals surface area contributed by atoms with Gasteiger partial charge < -0.3 is 29.6 Å². The first-order chi connectivity index (χ1) is 16.5. The highest BCUT2D eigenvalue weighted by Crippen LogP contribution is 2.37. The molecular formula is C25H22FN3O5. The predicted molar refractivity (Wildman–Crippen MR) is 127 cm³/mol. The van der Waals surface area contributed by atoms with Crippen molar-refractivity contribution in [3.63, 3.8) is 0 Å². The lowest BCUT2D eigenvalue weighted by Crippen LogP contribution is -2.20. The number of fused-ring (bicyclic) bond motifs is 1. The fourth-order valence-electron chi connectivity index (χ4n) is 3.31. The smallest absolute Gasteiger partial charge is 0.323 e. The van der Waals surface area contributed by atoms with Crippen LogP contribution >= 0.6 is 0 Å². The van der Waals surface area contributed by atoms with Gasteiger partial charge in [0.05, 0.1) is 32.5 Å². The number of ether oxygens (including phenoxy) is 4. The molecule has 0 aliphatic carbocycles. The predicted octanol–water partition coefficient (Wildman–Crippen LogP) is 5.84. The Morgan fingerprint density at radius 3 is 2.35 bits per heavy atom. The normalized spacial score (nSPS) is 10.5. The maximum atomic E-state index is 14.7. The molecule has 9 heteroatoms. The van der Waals surface area contributed by atoms with Gasteiger partial charge in [-0.05, 0) is 36.4 Å². The lowest BCUT2D eigenvalue weighted by atomic mass is 10.2. The van der Waals surface area contributed by atoms with Gasteiger partial charge in [0.15, 0.2) is 11.5 Å². The molecule has 1 heterocycles. The highest BCUT2D eigenvalue weighted by atomic mass is 19.1. The Morgan fingerprint density at radius 1 is 0.824 bits per heavy atom. The van der Waals surface area contributed by atoms with E-state index in [-0.39, 0.29) is 11.4 Å². The molecule has 2 amide bonds. The van der Waals surface area contributed by atoms with Crippen LogP contribution in [0.25, 0.3) is 10.9 Å². The number of urea groups is 1. The van der Waals surface area contributed by atoms with E-state index in [1.54, 1.807) is 61.8 Å². The van der Waals surface area contributed by atoms with Gasteiger partial charge in [-0.1, -0.05) is 6.07 Å². The van der Waals surface area contributed by atoms with Crippen LogP contribution in [0, 0.1) is 5.82 Å². The molecule has 0 bridgehead atoms. The number of carbonyl (C=O) groups is 1. The van der Waals surface area contributed by atoms with Crippen LogP contribution in [0.5, 0.6) is 28.7 Å². The van der Waals surface area contributed by atoms with Gasteiger partial charge in [0, 0.05) is 35.5 Å². The number of aromatic nitrogens is 1. The van der Waals surface area contributed by atoms with Crippen LogP contribution in [0.1, 0.15) is 0 Å². The van der Waals surface area contributed by atoms with Crippen molar-refractivity contribution in [1.82, 2.24) is 4.98 Å². The number of amides is 2. The number of anilines is 2. The molecule has 2 N–H and O–H groups in total. The summed E-state index contributed by atoms with van der Waals surface area (Å²) in [6, 6.07) is 15.5. The van der Waals surface area contributed by atoms with Gasteiger partial charge in [-0.3, -0.25) is 4.98 Å². The number of benzene rings is 3. The van der Waals surface area contributed by atoms with E-state index in [1.807, 2.05) is 0 Å². The summed E-state index contributed by atoms with van der Waals surface area (Å²) in [4.78, 5) is 16.6. The molecule has 0 aliphatic rings. The first kappa shape index (κ1) is 22.7. The molecule has 0 atom stereocenters. The zero-order valence-corrected chi connectivity index (χ0v) is 18.7. The van der Waals surface area contributed by atoms with Crippen LogP contribution in [-0.2, 0) is 0 Å². The third-order valence-electron chi connectivity index (χ3n) is 4.95. The van der Waals surface area contributed by atoms with E-state index in [9.17, 15) is 9.18 Å². The van der Waals surface area contributed by atoms with Crippen LogP contribution in [-0.4, -0.2) is 32.3 Å². The zero-order valence-electron chi connectivity index (χ0n) is 18.7. The van der Waals surface area contributed by atoms with Crippen molar-refractivity contribution in [2.24, 2.45) is 0 Å². The fraction of sp³-hybridized carbons (Fsp3) is 0.120. The summed E-state index contributed by atoms with van der Waals surface area (Å²) in [5.74, 6) is 1.69. The Labute approximate surface area is 195 Å². The molecule has 0 saturated heterocycles. The average Bonchev–Trinajstić information content (AvgIpc) is 2.85. The SMILES string of the molecule is COc1cccc(NC(=O)Nc2ccc(Oc3ccnc4cc(OC)c(OC)cc34)cc2F)c1. The van der Waals surface area contributed by atoms with Gasteiger partial charge in [-0.2, -0.15) is 0 Å². The minimum absolute atomic E-state index is 0.00117. The summed E-state index contributed by atoms with van der Waals surface area (Å²) < 4.78 is 36.4. The molecule has 8 nitrogen and oxygen atoms in total. The van der Waals surface area contributed by atoms with Gasteiger partial charge in [0.25, 0.3) is 0 Å². The van der Waals surface area contributed by atoms with Crippen molar-refractivity contribution in [1.29, 1.82) is 0 Å². The van der Waals surface area contributed by atoms with Crippen LogP contribution in [0.15, 0.2) is 66.9 Å². The Morgan fingerprint density at radius 2 is 1.62 bits per heavy atom. The Hall–Kier alpha value is -4.53. The van der Waals surface area contributed by atoms with Gasteiger partial charge in [0.2, 0.25) is 0 Å². The summed E-state index contributed by atoms with van der Waals surface area (Å²) >= 11 is 0. The molecule has 4 aromatic rings. The maximum Gasteiger partial charge on any atom is 0.323 e. The summed E-state index contributed by atoms with van der Waals surface area (Å²) in [5, 5.41) is 5.78. The average molecular weight is 463 g/mol. The molecule has 34 heavy (non-hydrogen) atoms. The van der Waals surface area contributed by atoms with Crippen LogP contribution in [0.2, 0.25) is 0 Å². The van der Waals surface area contributed by atoms with Crippen LogP contribution in [0.4, 0.5) is 20.6 Å². The second-order valence-corrected chi connectivity index (χ2v) is 7.09. The second kappa shape index (κ2) is 9.95. The number of halogens is 1. The van der Waals surface area contributed by atoms with Crippen LogP contribution in [0.3, 0.4) is 0 Å². The van der Waals surface area contributed by atoms with Gasteiger partial charge in [-0.15, -0.1) is 0 Å². The molecule has 0 fully saturated rings. The molecular weight excluding hydrogens is 441 g/mol. The number of methoxy groups -OCH3 is 3. The van der Waals surface area contributed by atoms with Gasteiger partial charge in [-0.25, -0.2) is 9.18 Å². The van der Waals surface area contributed by atoms with E-state index in [0.29, 0.717) is 39.6 Å². The summed E-state index contributed by atoms with van der Waals surface area (Å²) in [6.07, 6.45) is 1.58. The summed E-state index contributed by atoms with van der Waals surface area (Å²) in [7, 11) is 4.60. The molecule has 3 aromatic carbocycles. The minimum atomic E-state index is -0.657. The zero-order chi connectivity index (χ0) is 24.1. The highest BCUT2D eigenvalue weighted by molar-refractivity contribution is 6.00. The third-order valence-corrected chi connectivity index (χ3v) is 4.95. The fourth-order valence-corrected chi connectivity index (χ4v) is 3.31. The number of hydrogen-bond donors (Lipinski definition) is 2. The first-order valence-corrected chi connectivity index (χ1v) is 10.2. The van der Waals surface area contributed by atoms with E-state index in [4.69, 9.17) is 18.9 Å². The lowest BCUT2D eigenvalue weighted by Gasteiger charge is -2.13. The lowest BCUT2D eigenvalue weighted by molar-refractivity contribution is 0.262. The van der Waals surface area contributed by atoms with E-state index >= 15 is 0 Å². The van der Waals surface area contributed by atoms with E-state index in [2.05, 4.69) is 15.6 Å². The highest BCUT2D eigenvalue weighted by Gasteiger charge is 2.13. The number of nitrogens with one attached hydrogen (secondary N) is 2. The van der Waals surface area contributed by atoms with Crippen LogP contribution < -0.4 is 29.6 Å². The Balaban J connectivity index is 1.51. The number of hydrogen-bond acceptors (Lipinski definition) is 6. The second-order valence-electron chi connectivity index (χ2n) is 7.09. The third kappa shape index (κ3) is 4.93. The molecule has 1 aromatic heterocycles. The van der Waals surface area contributed by atoms with E-state index < -0.39 is 11.8 Å². The first-order valence-electron chi connectivity index (χ1n) is 10.2. The Kier molecular flexibility index (Phi) is 6.63. The van der Waals surface area contributed by atoms with Crippen molar-refractivity contribution < 1.29 is 28.1 Å². The largest absolute Gasteiger partial charge is 0.497 e.